The Balaban J connectivity index is 1.45. The molecule has 2 bridgehead atoms. The van der Waals surface area contributed by atoms with Gasteiger partial charge in [0, 0.05) is 12.6 Å². The molecule has 21 heavy (non-hydrogen) atoms. The number of hydrogen-bond donors (Lipinski definition) is 0. The van der Waals surface area contributed by atoms with Gasteiger partial charge in [-0.1, -0.05) is 18.6 Å². The van der Waals surface area contributed by atoms with Gasteiger partial charge in [-0.25, -0.2) is 0 Å². The molecule has 0 aromatic heterocycles. The van der Waals surface area contributed by atoms with Gasteiger partial charge in [0.2, 0.25) is 0 Å². The smallest absolute Gasteiger partial charge is 0.119 e. The normalized spacial score (nSPS) is 37.2. The third-order valence-electron chi connectivity index (χ3n) is 6.53. The Kier molecular flexibility index (Phi) is 3.45. The van der Waals surface area contributed by atoms with Crippen molar-refractivity contribution in [2.75, 3.05) is 14.2 Å². The third-order valence-corrected chi connectivity index (χ3v) is 6.53. The van der Waals surface area contributed by atoms with Gasteiger partial charge in [0.1, 0.15) is 5.75 Å². The lowest BCUT2D eigenvalue weighted by Crippen LogP contribution is -2.40. The summed E-state index contributed by atoms with van der Waals surface area (Å²) in [6.45, 7) is 1.06. The van der Waals surface area contributed by atoms with Crippen LogP contribution in [0.5, 0.6) is 5.75 Å². The summed E-state index contributed by atoms with van der Waals surface area (Å²) in [5.74, 6) is 5.15. The van der Waals surface area contributed by atoms with Crippen LogP contribution in [0.15, 0.2) is 24.3 Å². The van der Waals surface area contributed by atoms with Crippen molar-refractivity contribution in [1.29, 1.82) is 0 Å². The van der Waals surface area contributed by atoms with Crippen LogP contribution in [0, 0.1) is 23.7 Å². The molecule has 0 spiro atoms. The van der Waals surface area contributed by atoms with Crippen molar-refractivity contribution in [2.24, 2.45) is 23.7 Å². The average molecular weight is 285 g/mol. The molecule has 1 aromatic rings. The lowest BCUT2D eigenvalue weighted by atomic mass is 9.78. The van der Waals surface area contributed by atoms with Crippen LogP contribution >= 0.6 is 0 Å². The van der Waals surface area contributed by atoms with E-state index < -0.39 is 0 Å². The Morgan fingerprint density at radius 1 is 1.14 bits per heavy atom. The number of hydrogen-bond acceptors (Lipinski definition) is 2. The maximum atomic E-state index is 5.35. The molecule has 2 heteroatoms. The number of fused-ring (bicyclic) bond motifs is 5. The number of ether oxygens (including phenoxy) is 1. The van der Waals surface area contributed by atoms with E-state index in [1.165, 1.54) is 37.7 Å². The van der Waals surface area contributed by atoms with Crippen molar-refractivity contribution >= 4 is 0 Å². The first-order valence-electron chi connectivity index (χ1n) is 8.59. The van der Waals surface area contributed by atoms with Gasteiger partial charge in [0.15, 0.2) is 0 Å². The second-order valence-corrected chi connectivity index (χ2v) is 7.49. The summed E-state index contributed by atoms with van der Waals surface area (Å²) in [5.41, 5.74) is 1.38. The van der Waals surface area contributed by atoms with Gasteiger partial charge >= 0.3 is 0 Å². The molecule has 4 rings (SSSR count). The second-order valence-electron chi connectivity index (χ2n) is 7.49. The predicted octanol–water partition coefficient (Wildman–Crippen LogP) is 3.95. The molecular weight excluding hydrogens is 258 g/mol. The highest BCUT2D eigenvalue weighted by Gasteiger charge is 2.54. The lowest BCUT2D eigenvalue weighted by molar-refractivity contribution is 0.111. The molecule has 5 unspecified atom stereocenters. The summed E-state index contributed by atoms with van der Waals surface area (Å²) < 4.78 is 5.35. The number of methoxy groups -OCH3 is 1. The summed E-state index contributed by atoms with van der Waals surface area (Å²) in [7, 11) is 4.08. The minimum atomic E-state index is 0.820. The van der Waals surface area contributed by atoms with Crippen molar-refractivity contribution in [2.45, 2.75) is 44.7 Å². The molecular formula is C19H27NO. The number of rotatable bonds is 4. The summed E-state index contributed by atoms with van der Waals surface area (Å²) in [6.07, 6.45) is 7.50. The summed E-state index contributed by atoms with van der Waals surface area (Å²) >= 11 is 0. The van der Waals surface area contributed by atoms with Gasteiger partial charge < -0.3 is 4.74 Å². The zero-order valence-electron chi connectivity index (χ0n) is 13.3. The SMILES string of the molecule is COc1cccc(CN(C)C2CC3CC2C2CCCC32)c1. The van der Waals surface area contributed by atoms with Crippen molar-refractivity contribution in [3.05, 3.63) is 29.8 Å². The minimum Gasteiger partial charge on any atom is -0.497 e. The quantitative estimate of drug-likeness (QED) is 0.830. The topological polar surface area (TPSA) is 12.5 Å². The Bertz CT molecular complexity index is 514. The van der Waals surface area contributed by atoms with Gasteiger partial charge in [0.05, 0.1) is 7.11 Å². The summed E-state index contributed by atoms with van der Waals surface area (Å²) in [4.78, 5) is 2.62. The molecule has 3 aliphatic carbocycles. The van der Waals surface area contributed by atoms with Crippen molar-refractivity contribution in [3.63, 3.8) is 0 Å². The molecule has 0 amide bonds. The fraction of sp³-hybridized carbons (Fsp3) is 0.684. The highest BCUT2D eigenvalue weighted by molar-refractivity contribution is 5.28. The Labute approximate surface area is 128 Å². The molecule has 2 nitrogen and oxygen atoms in total. The summed E-state index contributed by atoms with van der Waals surface area (Å²) in [5, 5.41) is 0. The van der Waals surface area contributed by atoms with Crippen molar-refractivity contribution in [3.8, 4) is 5.75 Å². The van der Waals surface area contributed by atoms with Crippen molar-refractivity contribution < 1.29 is 4.74 Å². The molecule has 114 valence electrons. The van der Waals surface area contributed by atoms with Crippen LogP contribution in [-0.2, 0) is 6.54 Å². The number of nitrogens with zero attached hydrogens (tertiary/aromatic N) is 1. The van der Waals surface area contributed by atoms with Crippen LogP contribution in [0.4, 0.5) is 0 Å². The maximum absolute atomic E-state index is 5.35. The van der Waals surface area contributed by atoms with Crippen LogP contribution in [0.1, 0.15) is 37.7 Å². The van der Waals surface area contributed by atoms with Crippen LogP contribution < -0.4 is 4.74 Å². The van der Waals surface area contributed by atoms with Gasteiger partial charge in [-0.05, 0) is 74.1 Å². The average Bonchev–Trinajstić information content (AvgIpc) is 3.19. The molecule has 1 aromatic carbocycles. The van der Waals surface area contributed by atoms with E-state index in [1.54, 1.807) is 7.11 Å². The van der Waals surface area contributed by atoms with E-state index in [9.17, 15) is 0 Å². The van der Waals surface area contributed by atoms with Gasteiger partial charge in [-0.15, -0.1) is 0 Å². The zero-order valence-corrected chi connectivity index (χ0v) is 13.3. The van der Waals surface area contributed by atoms with Gasteiger partial charge in [0.25, 0.3) is 0 Å². The van der Waals surface area contributed by atoms with E-state index in [0.29, 0.717) is 0 Å². The van der Waals surface area contributed by atoms with E-state index >= 15 is 0 Å². The first-order chi connectivity index (χ1) is 10.3. The molecule has 3 fully saturated rings. The monoisotopic (exact) mass is 285 g/mol. The van der Waals surface area contributed by atoms with E-state index in [2.05, 4.69) is 30.1 Å². The van der Waals surface area contributed by atoms with Gasteiger partial charge in [-0.2, -0.15) is 0 Å². The molecule has 3 aliphatic rings. The predicted molar refractivity (Wildman–Crippen MR) is 85.3 cm³/mol. The van der Waals surface area contributed by atoms with Gasteiger partial charge in [-0.3, -0.25) is 4.90 Å². The standard InChI is InChI=1S/C19H27NO/c1-20(12-13-5-3-6-15(9-13)21-2)19-11-14-10-18(19)17-8-4-7-16(14)17/h3,5-6,9,14,16-19H,4,7-8,10-12H2,1-2H3. The van der Waals surface area contributed by atoms with E-state index in [1.807, 2.05) is 6.07 Å². The minimum absolute atomic E-state index is 0.820. The van der Waals surface area contributed by atoms with Crippen LogP contribution in [0.2, 0.25) is 0 Å². The first-order valence-corrected chi connectivity index (χ1v) is 8.59. The highest BCUT2D eigenvalue weighted by Crippen LogP contribution is 2.59. The molecule has 0 N–H and O–H groups in total. The largest absolute Gasteiger partial charge is 0.497 e. The Hall–Kier alpha value is -1.02. The highest BCUT2D eigenvalue weighted by atomic mass is 16.5. The summed E-state index contributed by atoms with van der Waals surface area (Å²) in [6, 6.07) is 9.37. The maximum Gasteiger partial charge on any atom is 0.119 e. The molecule has 0 radical (unpaired) electrons. The molecule has 0 saturated heterocycles. The van der Waals surface area contributed by atoms with E-state index in [4.69, 9.17) is 4.74 Å². The Morgan fingerprint density at radius 3 is 2.86 bits per heavy atom. The zero-order chi connectivity index (χ0) is 14.4. The van der Waals surface area contributed by atoms with E-state index in [0.717, 1.165) is 42.0 Å². The lowest BCUT2D eigenvalue weighted by Gasteiger charge is -2.37. The molecule has 0 aliphatic heterocycles. The van der Waals surface area contributed by atoms with Crippen LogP contribution in [0.25, 0.3) is 0 Å². The molecule has 0 heterocycles. The first kappa shape index (κ1) is 13.6. The fourth-order valence-corrected chi connectivity index (χ4v) is 5.71. The second kappa shape index (κ2) is 5.31. The van der Waals surface area contributed by atoms with Crippen molar-refractivity contribution in [1.82, 2.24) is 4.90 Å². The number of benzene rings is 1. The molecule has 3 saturated carbocycles. The van der Waals surface area contributed by atoms with Crippen LogP contribution in [-0.4, -0.2) is 25.1 Å². The molecule has 5 atom stereocenters. The fourth-order valence-electron chi connectivity index (χ4n) is 5.71. The Morgan fingerprint density at radius 2 is 2.00 bits per heavy atom. The van der Waals surface area contributed by atoms with Crippen LogP contribution in [0.3, 0.4) is 0 Å². The van der Waals surface area contributed by atoms with E-state index in [-0.39, 0.29) is 0 Å². The third kappa shape index (κ3) is 2.28.